The second kappa shape index (κ2) is 12.7. The van der Waals surface area contributed by atoms with Crippen molar-refractivity contribution in [3.63, 3.8) is 0 Å². The van der Waals surface area contributed by atoms with Gasteiger partial charge in [0.05, 0.1) is 26.0 Å². The molecule has 4 atom stereocenters. The van der Waals surface area contributed by atoms with Crippen molar-refractivity contribution < 1.29 is 23.0 Å². The Morgan fingerprint density at radius 2 is 1.79 bits per heavy atom. The number of anilines is 1. The third-order valence-corrected chi connectivity index (χ3v) is 7.29. The molecule has 39 heavy (non-hydrogen) atoms. The lowest BCUT2D eigenvalue weighted by molar-refractivity contribution is -0.121. The molecule has 0 spiro atoms. The van der Waals surface area contributed by atoms with Crippen LogP contribution in [0.25, 0.3) is 11.3 Å². The lowest BCUT2D eigenvalue weighted by Gasteiger charge is -2.34. The van der Waals surface area contributed by atoms with Crippen LogP contribution in [0.15, 0.2) is 48.5 Å². The molecule has 8 nitrogen and oxygen atoms in total. The molecule has 3 aromatic rings. The lowest BCUT2D eigenvalue weighted by atomic mass is 9.97. The quantitative estimate of drug-likeness (QED) is 0.392. The molecule has 2 unspecified atom stereocenters. The standard InChI is InChI=1S/C21H20ClF2N3O2.C7H14N2O/c1-28-18-8-5-13(9-19(18)29-2)15-10-17(21(23)24)27-20(25-15)11-16(26-27)12-3-6-14(22)7-4-12;1-6-4-9(5-10)7(2)3-8-6/h3-9,11,15,17,21,25H,10H2,1-2H3;5-8H,3-4H2,1-2H3/t;6-,7+/m.0/s1. The average molecular weight is 562 g/mol. The van der Waals surface area contributed by atoms with Gasteiger partial charge in [0.25, 0.3) is 6.43 Å². The summed E-state index contributed by atoms with van der Waals surface area (Å²) in [6.07, 6.45) is -1.42. The summed E-state index contributed by atoms with van der Waals surface area (Å²) < 4.78 is 39.7. The maximum absolute atomic E-state index is 13.9. The van der Waals surface area contributed by atoms with Crippen molar-refractivity contribution in [2.75, 3.05) is 32.6 Å². The first-order valence-electron chi connectivity index (χ1n) is 12.8. The van der Waals surface area contributed by atoms with E-state index in [1.165, 1.54) is 4.68 Å². The van der Waals surface area contributed by atoms with E-state index in [-0.39, 0.29) is 12.5 Å². The van der Waals surface area contributed by atoms with Crippen molar-refractivity contribution >= 4 is 23.8 Å². The van der Waals surface area contributed by atoms with Gasteiger partial charge >= 0.3 is 0 Å². The molecule has 0 bridgehead atoms. The van der Waals surface area contributed by atoms with Gasteiger partial charge in [0.2, 0.25) is 6.41 Å². The highest BCUT2D eigenvalue weighted by Crippen LogP contribution is 2.41. The molecule has 2 aliphatic rings. The number of hydrogen-bond acceptors (Lipinski definition) is 6. The number of carbonyl (C=O) groups excluding carboxylic acids is 1. The molecule has 1 saturated heterocycles. The molecular weight excluding hydrogens is 528 g/mol. The molecule has 2 aromatic carbocycles. The number of carbonyl (C=O) groups is 1. The van der Waals surface area contributed by atoms with Gasteiger partial charge in [-0.1, -0.05) is 29.8 Å². The van der Waals surface area contributed by atoms with Crippen LogP contribution in [0, 0.1) is 0 Å². The maximum Gasteiger partial charge on any atom is 0.260 e. The summed E-state index contributed by atoms with van der Waals surface area (Å²) in [6, 6.07) is 13.8. The van der Waals surface area contributed by atoms with Gasteiger partial charge in [-0.25, -0.2) is 13.5 Å². The van der Waals surface area contributed by atoms with Crippen LogP contribution in [0.3, 0.4) is 0 Å². The lowest BCUT2D eigenvalue weighted by Crippen LogP contribution is -2.53. The molecule has 0 aliphatic carbocycles. The predicted molar refractivity (Wildman–Crippen MR) is 148 cm³/mol. The molecule has 1 aromatic heterocycles. The number of ether oxygens (including phenoxy) is 2. The highest BCUT2D eigenvalue weighted by Gasteiger charge is 2.35. The van der Waals surface area contributed by atoms with E-state index in [1.54, 1.807) is 38.5 Å². The topological polar surface area (TPSA) is 80.7 Å². The Labute approximate surface area is 232 Å². The van der Waals surface area contributed by atoms with Crippen molar-refractivity contribution in [2.45, 2.75) is 50.9 Å². The van der Waals surface area contributed by atoms with E-state index in [9.17, 15) is 13.6 Å². The second-order valence-electron chi connectivity index (χ2n) is 9.78. The summed E-state index contributed by atoms with van der Waals surface area (Å²) in [5, 5.41) is 11.7. The molecule has 0 radical (unpaired) electrons. The first-order valence-corrected chi connectivity index (χ1v) is 13.2. The molecular formula is C28H34ClF2N5O3. The van der Waals surface area contributed by atoms with Crippen LogP contribution in [0.1, 0.15) is 37.9 Å². The average Bonchev–Trinajstić information content (AvgIpc) is 3.38. The Bertz CT molecular complexity index is 1260. The zero-order chi connectivity index (χ0) is 28.1. The van der Waals surface area contributed by atoms with Crippen molar-refractivity contribution in [1.29, 1.82) is 0 Å². The first kappa shape index (κ1) is 28.6. The Morgan fingerprint density at radius 3 is 2.41 bits per heavy atom. The minimum Gasteiger partial charge on any atom is -0.493 e. The molecule has 0 saturated carbocycles. The zero-order valence-electron chi connectivity index (χ0n) is 22.4. The largest absolute Gasteiger partial charge is 0.493 e. The van der Waals surface area contributed by atoms with Gasteiger partial charge in [0.1, 0.15) is 11.9 Å². The number of aromatic nitrogens is 2. The molecule has 210 valence electrons. The highest BCUT2D eigenvalue weighted by molar-refractivity contribution is 6.30. The number of hydrogen-bond donors (Lipinski definition) is 2. The van der Waals surface area contributed by atoms with Crippen molar-refractivity contribution in [2.24, 2.45) is 0 Å². The van der Waals surface area contributed by atoms with Crippen LogP contribution in [0.4, 0.5) is 14.6 Å². The Morgan fingerprint density at radius 1 is 1.08 bits per heavy atom. The molecule has 1 amide bonds. The smallest absolute Gasteiger partial charge is 0.260 e. The van der Waals surface area contributed by atoms with Gasteiger partial charge in [-0.15, -0.1) is 0 Å². The molecule has 1 fully saturated rings. The number of rotatable bonds is 6. The van der Waals surface area contributed by atoms with Gasteiger partial charge in [-0.05, 0) is 50.1 Å². The van der Waals surface area contributed by atoms with Crippen LogP contribution < -0.4 is 20.1 Å². The number of piperazine rings is 1. The van der Waals surface area contributed by atoms with Crippen LogP contribution >= 0.6 is 11.6 Å². The maximum atomic E-state index is 13.9. The SMILES string of the molecule is COc1ccc(C2CC(C(F)F)n3nc(-c4ccc(Cl)cc4)cc3N2)cc1OC.C[C@@H]1CN[C@@H](C)CN1C=O. The minimum absolute atomic E-state index is 0.196. The Balaban J connectivity index is 0.000000298. The Hall–Kier alpha value is -3.37. The molecule has 11 heteroatoms. The highest BCUT2D eigenvalue weighted by atomic mass is 35.5. The van der Waals surface area contributed by atoms with Gasteiger partial charge in [-0.3, -0.25) is 4.79 Å². The number of benzene rings is 2. The summed E-state index contributed by atoms with van der Waals surface area (Å²) in [5.41, 5.74) is 2.27. The van der Waals surface area contributed by atoms with E-state index >= 15 is 0 Å². The first-order chi connectivity index (χ1) is 18.7. The van der Waals surface area contributed by atoms with Gasteiger partial charge in [-0.2, -0.15) is 5.10 Å². The van der Waals surface area contributed by atoms with Crippen LogP contribution in [-0.4, -0.2) is 66.9 Å². The molecule has 5 rings (SSSR count). The number of fused-ring (bicyclic) bond motifs is 1. The molecule has 2 N–H and O–H groups in total. The Kier molecular flexibility index (Phi) is 9.29. The summed E-state index contributed by atoms with van der Waals surface area (Å²) >= 11 is 5.94. The zero-order valence-corrected chi connectivity index (χ0v) is 23.2. The van der Waals surface area contributed by atoms with Crippen molar-refractivity contribution in [3.05, 3.63) is 59.1 Å². The van der Waals surface area contributed by atoms with E-state index in [2.05, 4.69) is 22.7 Å². The fourth-order valence-corrected chi connectivity index (χ4v) is 4.92. The number of alkyl halides is 2. The minimum atomic E-state index is -2.54. The number of halogens is 3. The number of nitrogens with one attached hydrogen (secondary N) is 2. The van der Waals surface area contributed by atoms with E-state index in [1.807, 2.05) is 36.1 Å². The molecule has 3 heterocycles. The van der Waals surface area contributed by atoms with E-state index in [4.69, 9.17) is 21.1 Å². The van der Waals surface area contributed by atoms with Crippen LogP contribution in [-0.2, 0) is 4.79 Å². The number of amides is 1. The normalized spacial score (nSPS) is 22.3. The second-order valence-corrected chi connectivity index (χ2v) is 10.2. The van der Waals surface area contributed by atoms with Crippen molar-refractivity contribution in [1.82, 2.24) is 20.0 Å². The van der Waals surface area contributed by atoms with Crippen molar-refractivity contribution in [3.8, 4) is 22.8 Å². The summed E-state index contributed by atoms with van der Waals surface area (Å²) in [7, 11) is 3.10. The monoisotopic (exact) mass is 561 g/mol. The number of nitrogens with zero attached hydrogens (tertiary/aromatic N) is 3. The van der Waals surface area contributed by atoms with Gasteiger partial charge in [0.15, 0.2) is 11.5 Å². The third kappa shape index (κ3) is 6.62. The van der Waals surface area contributed by atoms with Crippen LogP contribution in [0.2, 0.25) is 5.02 Å². The third-order valence-electron chi connectivity index (χ3n) is 7.04. The molecule has 2 aliphatic heterocycles. The number of methoxy groups -OCH3 is 2. The van der Waals surface area contributed by atoms with E-state index < -0.39 is 12.5 Å². The summed E-state index contributed by atoms with van der Waals surface area (Å²) in [5.74, 6) is 1.69. The predicted octanol–water partition coefficient (Wildman–Crippen LogP) is 5.41. The van der Waals surface area contributed by atoms with E-state index in [0.29, 0.717) is 40.1 Å². The van der Waals surface area contributed by atoms with Gasteiger partial charge < -0.3 is 25.0 Å². The van der Waals surface area contributed by atoms with Gasteiger partial charge in [0, 0.05) is 41.8 Å². The fourth-order valence-electron chi connectivity index (χ4n) is 4.79. The fraction of sp³-hybridized carbons (Fsp3) is 0.429. The van der Waals surface area contributed by atoms with Crippen LogP contribution in [0.5, 0.6) is 11.5 Å². The summed E-state index contributed by atoms with van der Waals surface area (Å²) in [6.45, 7) is 5.89. The van der Waals surface area contributed by atoms with E-state index in [0.717, 1.165) is 30.6 Å². The summed E-state index contributed by atoms with van der Waals surface area (Å²) in [4.78, 5) is 12.2.